The maximum Gasteiger partial charge on any atom is 0.290 e. The number of Topliss-reactive ketones (excluding diaryl/α,β-unsaturated/α-hetero) is 1. The molecule has 2 aliphatic heterocycles. The summed E-state index contributed by atoms with van der Waals surface area (Å²) in [5, 5.41) is 10.7. The van der Waals surface area contributed by atoms with Gasteiger partial charge in [-0.05, 0) is 54.6 Å². The quantitative estimate of drug-likeness (QED) is 0.705. The highest BCUT2D eigenvalue weighted by Crippen LogP contribution is 2.39. The molecule has 1 unspecified atom stereocenters. The van der Waals surface area contributed by atoms with E-state index < -0.39 is 23.5 Å². The number of benzene rings is 1. The van der Waals surface area contributed by atoms with Gasteiger partial charge in [-0.25, -0.2) is 0 Å². The molecule has 1 aromatic heterocycles. The predicted molar refractivity (Wildman–Crippen MR) is 118 cm³/mol. The van der Waals surface area contributed by atoms with Crippen molar-refractivity contribution in [3.63, 3.8) is 0 Å². The summed E-state index contributed by atoms with van der Waals surface area (Å²) in [4.78, 5) is 30.1. The van der Waals surface area contributed by atoms with Crippen LogP contribution in [0.2, 0.25) is 0 Å². The van der Waals surface area contributed by atoms with Crippen LogP contribution in [0.15, 0.2) is 58.4 Å². The summed E-state index contributed by atoms with van der Waals surface area (Å²) in [7, 11) is 0. The highest BCUT2D eigenvalue weighted by Gasteiger charge is 2.44. The number of hydrogen-bond acceptors (Lipinski definition) is 5. The fourth-order valence-corrected chi connectivity index (χ4v) is 4.42. The largest absolute Gasteiger partial charge is 0.503 e. The highest BCUT2D eigenvalue weighted by atomic mass is 16.3. The summed E-state index contributed by atoms with van der Waals surface area (Å²) in [5.74, 6) is -1.32. The van der Waals surface area contributed by atoms with Crippen LogP contribution in [0.1, 0.15) is 61.3 Å². The van der Waals surface area contributed by atoms with Crippen molar-refractivity contribution in [2.45, 2.75) is 45.1 Å². The number of rotatable bonds is 6. The molecular weight excluding hydrogens is 392 g/mol. The van der Waals surface area contributed by atoms with E-state index in [1.54, 1.807) is 17.0 Å². The molecule has 31 heavy (non-hydrogen) atoms. The van der Waals surface area contributed by atoms with Gasteiger partial charge in [-0.15, -0.1) is 0 Å². The van der Waals surface area contributed by atoms with E-state index >= 15 is 0 Å². The van der Waals surface area contributed by atoms with Crippen molar-refractivity contribution in [2.75, 3.05) is 26.2 Å². The number of carbonyl (C=O) groups is 2. The Hall–Kier alpha value is -2.86. The van der Waals surface area contributed by atoms with E-state index in [0.717, 1.165) is 43.6 Å². The van der Waals surface area contributed by atoms with Crippen LogP contribution in [0.4, 0.5) is 0 Å². The molecule has 1 N–H and O–H groups in total. The fraction of sp³-hybridized carbons (Fsp3) is 0.440. The third-order valence-electron chi connectivity index (χ3n) is 6.24. The SMILES string of the molecule is CC(C)(C)c1ccc(C2C(C(=O)c3ccco3)=C(O)C(=O)N2CCN2CCCC2)cc1. The number of carbonyl (C=O) groups excluding carboxylic acids is 2. The van der Waals surface area contributed by atoms with Crippen molar-refractivity contribution in [3.05, 3.63) is 70.9 Å². The molecule has 0 bridgehead atoms. The lowest BCUT2D eigenvalue weighted by Crippen LogP contribution is -2.38. The number of amides is 1. The number of ketones is 1. The summed E-state index contributed by atoms with van der Waals surface area (Å²) in [6, 6.07) is 10.5. The standard InChI is InChI=1S/C25H30N2O4/c1-25(2,3)18-10-8-17(9-11-18)21-20(22(28)19-7-6-16-31-19)23(29)24(30)27(21)15-14-26-12-4-5-13-26/h6-11,16,21,29H,4-5,12-15H2,1-3H3. The molecule has 3 heterocycles. The highest BCUT2D eigenvalue weighted by molar-refractivity contribution is 6.15. The van der Waals surface area contributed by atoms with E-state index in [1.807, 2.05) is 24.3 Å². The summed E-state index contributed by atoms with van der Waals surface area (Å²) >= 11 is 0. The molecule has 2 aromatic rings. The number of likely N-dealkylation sites (tertiary alicyclic amines) is 1. The first-order valence-corrected chi connectivity index (χ1v) is 10.9. The van der Waals surface area contributed by atoms with Crippen molar-refractivity contribution in [1.82, 2.24) is 9.80 Å². The third-order valence-corrected chi connectivity index (χ3v) is 6.24. The van der Waals surface area contributed by atoms with Crippen molar-refractivity contribution in [1.29, 1.82) is 0 Å². The van der Waals surface area contributed by atoms with Crippen molar-refractivity contribution >= 4 is 11.7 Å². The second-order valence-electron chi connectivity index (χ2n) is 9.39. The summed E-state index contributed by atoms with van der Waals surface area (Å²) in [6.07, 6.45) is 3.74. The van der Waals surface area contributed by atoms with Gasteiger partial charge in [0.25, 0.3) is 5.91 Å². The summed E-state index contributed by atoms with van der Waals surface area (Å²) < 4.78 is 5.28. The van der Waals surface area contributed by atoms with Gasteiger partial charge >= 0.3 is 0 Å². The molecule has 2 aliphatic rings. The van der Waals surface area contributed by atoms with Crippen LogP contribution in [0.25, 0.3) is 0 Å². The minimum absolute atomic E-state index is 0.00966. The van der Waals surface area contributed by atoms with Crippen LogP contribution in [0.3, 0.4) is 0 Å². The molecule has 0 saturated carbocycles. The van der Waals surface area contributed by atoms with Gasteiger partial charge in [0, 0.05) is 13.1 Å². The molecule has 1 atom stereocenters. The Labute approximate surface area is 183 Å². The molecule has 1 saturated heterocycles. The van der Waals surface area contributed by atoms with Crippen LogP contribution in [-0.2, 0) is 10.2 Å². The third kappa shape index (κ3) is 4.17. The van der Waals surface area contributed by atoms with Crippen LogP contribution < -0.4 is 0 Å². The molecule has 0 radical (unpaired) electrons. The van der Waals surface area contributed by atoms with Crippen LogP contribution in [-0.4, -0.2) is 52.8 Å². The van der Waals surface area contributed by atoms with Gasteiger partial charge in [-0.3, -0.25) is 9.59 Å². The Morgan fingerprint density at radius 3 is 2.35 bits per heavy atom. The minimum Gasteiger partial charge on any atom is -0.503 e. The molecular formula is C25H30N2O4. The molecule has 0 aliphatic carbocycles. The van der Waals surface area contributed by atoms with Crippen LogP contribution in [0, 0.1) is 0 Å². The second kappa shape index (κ2) is 8.35. The Morgan fingerprint density at radius 2 is 1.77 bits per heavy atom. The van der Waals surface area contributed by atoms with Crippen LogP contribution in [0.5, 0.6) is 0 Å². The average Bonchev–Trinajstić information content (AvgIpc) is 3.49. The van der Waals surface area contributed by atoms with E-state index in [-0.39, 0.29) is 16.7 Å². The lowest BCUT2D eigenvalue weighted by atomic mass is 9.85. The lowest BCUT2D eigenvalue weighted by Gasteiger charge is -2.29. The second-order valence-corrected chi connectivity index (χ2v) is 9.39. The molecule has 1 aromatic carbocycles. The maximum atomic E-state index is 13.2. The molecule has 0 spiro atoms. The van der Waals surface area contributed by atoms with Crippen molar-refractivity contribution in [3.8, 4) is 0 Å². The van der Waals surface area contributed by atoms with E-state index in [1.165, 1.54) is 6.26 Å². The summed E-state index contributed by atoms with van der Waals surface area (Å²) in [6.45, 7) is 9.62. The maximum absolute atomic E-state index is 13.2. The Bertz CT molecular complexity index is 978. The van der Waals surface area contributed by atoms with E-state index in [9.17, 15) is 14.7 Å². The Morgan fingerprint density at radius 1 is 1.10 bits per heavy atom. The first-order chi connectivity index (χ1) is 14.8. The molecule has 4 rings (SSSR count). The number of hydrogen-bond donors (Lipinski definition) is 1. The van der Waals surface area contributed by atoms with Gasteiger partial charge in [0.05, 0.1) is 17.9 Å². The van der Waals surface area contributed by atoms with Gasteiger partial charge in [-0.2, -0.15) is 0 Å². The first kappa shape index (κ1) is 21.4. The topological polar surface area (TPSA) is 74.0 Å². The van der Waals surface area contributed by atoms with Gasteiger partial charge in [-0.1, -0.05) is 45.0 Å². The lowest BCUT2D eigenvalue weighted by molar-refractivity contribution is -0.129. The molecule has 1 amide bonds. The van der Waals surface area contributed by atoms with Gasteiger partial charge in [0.1, 0.15) is 0 Å². The zero-order chi connectivity index (χ0) is 22.2. The number of aliphatic hydroxyl groups is 1. The number of nitrogens with zero attached hydrogens (tertiary/aromatic N) is 2. The minimum atomic E-state index is -0.637. The molecule has 6 heteroatoms. The number of furan rings is 1. The monoisotopic (exact) mass is 422 g/mol. The zero-order valence-corrected chi connectivity index (χ0v) is 18.4. The van der Waals surface area contributed by atoms with E-state index in [2.05, 4.69) is 25.7 Å². The Balaban J connectivity index is 1.69. The Kier molecular flexibility index (Phi) is 5.75. The van der Waals surface area contributed by atoms with Crippen LogP contribution >= 0.6 is 0 Å². The van der Waals surface area contributed by atoms with Gasteiger partial charge < -0.3 is 19.3 Å². The smallest absolute Gasteiger partial charge is 0.290 e. The summed E-state index contributed by atoms with van der Waals surface area (Å²) in [5.41, 5.74) is 2.05. The molecule has 1 fully saturated rings. The molecule has 164 valence electrons. The zero-order valence-electron chi connectivity index (χ0n) is 18.4. The average molecular weight is 423 g/mol. The van der Waals surface area contributed by atoms with Gasteiger partial charge in [0.2, 0.25) is 5.78 Å². The first-order valence-electron chi connectivity index (χ1n) is 10.9. The van der Waals surface area contributed by atoms with E-state index in [0.29, 0.717) is 6.54 Å². The van der Waals surface area contributed by atoms with Gasteiger partial charge in [0.15, 0.2) is 11.5 Å². The predicted octanol–water partition coefficient (Wildman–Crippen LogP) is 4.25. The van der Waals surface area contributed by atoms with E-state index in [4.69, 9.17) is 4.42 Å². The normalized spacial score (nSPS) is 20.2. The molecule has 6 nitrogen and oxygen atoms in total. The van der Waals surface area contributed by atoms with Crippen molar-refractivity contribution in [2.24, 2.45) is 0 Å². The number of aliphatic hydroxyl groups excluding tert-OH is 1. The van der Waals surface area contributed by atoms with Crippen molar-refractivity contribution < 1.29 is 19.1 Å². The fourth-order valence-electron chi connectivity index (χ4n) is 4.42.